The number of aliphatic hydroxyl groups is 1. The van der Waals surface area contributed by atoms with Gasteiger partial charge in [-0.25, -0.2) is 0 Å². The summed E-state index contributed by atoms with van der Waals surface area (Å²) in [6.07, 6.45) is 5.31. The van der Waals surface area contributed by atoms with E-state index in [1.54, 1.807) is 12.1 Å². The highest BCUT2D eigenvalue weighted by molar-refractivity contribution is 5.28. The topological polar surface area (TPSA) is 61.4 Å². The summed E-state index contributed by atoms with van der Waals surface area (Å²) < 4.78 is 28.6. The van der Waals surface area contributed by atoms with Crippen LogP contribution in [0, 0.1) is 0 Å². The zero-order chi connectivity index (χ0) is 16.9. The molecule has 3 rings (SSSR count). The van der Waals surface area contributed by atoms with Crippen molar-refractivity contribution in [2.75, 3.05) is 19.6 Å². The lowest BCUT2D eigenvalue weighted by molar-refractivity contribution is -0.0498. The van der Waals surface area contributed by atoms with E-state index in [2.05, 4.69) is 19.8 Å². The minimum absolute atomic E-state index is 0.0962. The first-order chi connectivity index (χ1) is 11.6. The summed E-state index contributed by atoms with van der Waals surface area (Å²) in [5.41, 5.74) is 1.89. The van der Waals surface area contributed by atoms with Gasteiger partial charge in [0, 0.05) is 19.3 Å². The van der Waals surface area contributed by atoms with Gasteiger partial charge in [-0.1, -0.05) is 12.1 Å². The first kappa shape index (κ1) is 16.9. The number of likely N-dealkylation sites (tertiary alicyclic amines) is 1. The van der Waals surface area contributed by atoms with Gasteiger partial charge in [-0.2, -0.15) is 13.9 Å². The maximum absolute atomic E-state index is 12.2. The minimum atomic E-state index is -2.84. The number of H-pyrrole nitrogens is 1. The number of piperidine rings is 1. The summed E-state index contributed by atoms with van der Waals surface area (Å²) in [6.45, 7) is -0.501. The van der Waals surface area contributed by atoms with Crippen molar-refractivity contribution < 1.29 is 18.6 Å². The summed E-state index contributed by atoms with van der Waals surface area (Å²) in [5, 5.41) is 17.3. The summed E-state index contributed by atoms with van der Waals surface area (Å²) in [6, 6.07) is 6.16. The molecule has 2 N–H and O–H groups in total. The molecule has 2 atom stereocenters. The van der Waals surface area contributed by atoms with Gasteiger partial charge in [0.05, 0.1) is 12.3 Å². The van der Waals surface area contributed by atoms with E-state index in [4.69, 9.17) is 0 Å². The van der Waals surface area contributed by atoms with E-state index in [1.807, 2.05) is 12.4 Å². The molecule has 1 fully saturated rings. The molecule has 0 spiro atoms. The second kappa shape index (κ2) is 7.72. The predicted octanol–water partition coefficient (Wildman–Crippen LogP) is 2.92. The Morgan fingerprint density at radius 1 is 1.33 bits per heavy atom. The van der Waals surface area contributed by atoms with E-state index >= 15 is 0 Å². The fraction of sp³-hybridized carbons (Fsp3) is 0.471. The molecule has 130 valence electrons. The Balaban J connectivity index is 1.56. The SMILES string of the molecule is OC(CN1CCCC(c2cn[nH]c2)C1)c1ccc(OC(F)F)cc1. The Hall–Kier alpha value is -1.99. The van der Waals surface area contributed by atoms with Crippen LogP contribution in [-0.2, 0) is 0 Å². The van der Waals surface area contributed by atoms with Crippen LogP contribution in [0.2, 0.25) is 0 Å². The number of alkyl halides is 2. The fourth-order valence-electron chi connectivity index (χ4n) is 3.20. The normalized spacial score (nSPS) is 20.2. The number of aromatic amines is 1. The van der Waals surface area contributed by atoms with E-state index in [9.17, 15) is 13.9 Å². The van der Waals surface area contributed by atoms with Crippen LogP contribution < -0.4 is 4.74 Å². The van der Waals surface area contributed by atoms with Crippen molar-refractivity contribution in [1.82, 2.24) is 15.1 Å². The van der Waals surface area contributed by atoms with Gasteiger partial charge in [0.2, 0.25) is 0 Å². The van der Waals surface area contributed by atoms with Crippen LogP contribution in [-0.4, -0.2) is 46.4 Å². The maximum atomic E-state index is 12.2. The van der Waals surface area contributed by atoms with Crippen molar-refractivity contribution in [2.24, 2.45) is 0 Å². The van der Waals surface area contributed by atoms with Gasteiger partial charge in [-0.15, -0.1) is 0 Å². The molecule has 7 heteroatoms. The third-order valence-electron chi connectivity index (χ3n) is 4.42. The fourth-order valence-corrected chi connectivity index (χ4v) is 3.20. The molecule has 1 aromatic heterocycles. The largest absolute Gasteiger partial charge is 0.435 e. The molecule has 1 aromatic carbocycles. The van der Waals surface area contributed by atoms with Gasteiger partial charge >= 0.3 is 6.61 Å². The van der Waals surface area contributed by atoms with Crippen molar-refractivity contribution in [1.29, 1.82) is 0 Å². The van der Waals surface area contributed by atoms with Crippen LogP contribution in [0.5, 0.6) is 5.75 Å². The number of hydrogen-bond acceptors (Lipinski definition) is 4. The number of aliphatic hydroxyl groups excluding tert-OH is 1. The quantitative estimate of drug-likeness (QED) is 0.851. The number of hydrogen-bond donors (Lipinski definition) is 2. The molecule has 0 aliphatic carbocycles. The Morgan fingerprint density at radius 3 is 2.79 bits per heavy atom. The highest BCUT2D eigenvalue weighted by Gasteiger charge is 2.24. The Morgan fingerprint density at radius 2 is 2.12 bits per heavy atom. The van der Waals surface area contributed by atoms with Crippen molar-refractivity contribution in [3.8, 4) is 5.75 Å². The highest BCUT2D eigenvalue weighted by Crippen LogP contribution is 2.28. The first-order valence-electron chi connectivity index (χ1n) is 8.05. The van der Waals surface area contributed by atoms with E-state index in [0.29, 0.717) is 18.0 Å². The Bertz CT molecular complexity index is 619. The van der Waals surface area contributed by atoms with Crippen LogP contribution in [0.25, 0.3) is 0 Å². The number of nitrogens with one attached hydrogen (secondary N) is 1. The molecule has 2 heterocycles. The first-order valence-corrected chi connectivity index (χ1v) is 8.05. The molecule has 1 aliphatic rings. The molecule has 0 amide bonds. The van der Waals surface area contributed by atoms with Crippen LogP contribution in [0.15, 0.2) is 36.7 Å². The lowest BCUT2D eigenvalue weighted by Gasteiger charge is -2.33. The second-order valence-corrected chi connectivity index (χ2v) is 6.09. The summed E-state index contributed by atoms with van der Waals surface area (Å²) >= 11 is 0. The van der Waals surface area contributed by atoms with Crippen molar-refractivity contribution >= 4 is 0 Å². The van der Waals surface area contributed by atoms with E-state index in [1.165, 1.54) is 17.7 Å². The van der Waals surface area contributed by atoms with Crippen molar-refractivity contribution in [3.05, 3.63) is 47.8 Å². The monoisotopic (exact) mass is 337 g/mol. The molecule has 1 saturated heterocycles. The molecule has 2 aromatic rings. The lowest BCUT2D eigenvalue weighted by Crippen LogP contribution is -2.37. The number of halogens is 2. The molecule has 5 nitrogen and oxygen atoms in total. The predicted molar refractivity (Wildman–Crippen MR) is 85.0 cm³/mol. The van der Waals surface area contributed by atoms with E-state index in [-0.39, 0.29) is 5.75 Å². The number of nitrogens with zero attached hydrogens (tertiary/aromatic N) is 2. The van der Waals surface area contributed by atoms with E-state index in [0.717, 1.165) is 25.9 Å². The van der Waals surface area contributed by atoms with Crippen molar-refractivity contribution in [3.63, 3.8) is 0 Å². The van der Waals surface area contributed by atoms with Gasteiger partial charge in [-0.3, -0.25) is 10.00 Å². The number of rotatable bonds is 6. The number of aromatic nitrogens is 2. The zero-order valence-corrected chi connectivity index (χ0v) is 13.2. The van der Waals surface area contributed by atoms with Crippen LogP contribution in [0.4, 0.5) is 8.78 Å². The highest BCUT2D eigenvalue weighted by atomic mass is 19.3. The second-order valence-electron chi connectivity index (χ2n) is 6.09. The van der Waals surface area contributed by atoms with Gasteiger partial charge in [0.25, 0.3) is 0 Å². The number of benzene rings is 1. The molecular weight excluding hydrogens is 316 g/mol. The van der Waals surface area contributed by atoms with Crippen LogP contribution in [0.3, 0.4) is 0 Å². The van der Waals surface area contributed by atoms with Gasteiger partial charge < -0.3 is 9.84 Å². The minimum Gasteiger partial charge on any atom is -0.435 e. The molecule has 24 heavy (non-hydrogen) atoms. The average Bonchev–Trinajstić information content (AvgIpc) is 3.10. The third kappa shape index (κ3) is 4.30. The van der Waals surface area contributed by atoms with E-state index < -0.39 is 12.7 Å². The molecule has 2 unspecified atom stereocenters. The lowest BCUT2D eigenvalue weighted by atomic mass is 9.92. The van der Waals surface area contributed by atoms with Gasteiger partial charge in [0.1, 0.15) is 5.75 Å². The molecule has 0 radical (unpaired) electrons. The third-order valence-corrected chi connectivity index (χ3v) is 4.42. The number of ether oxygens (including phenoxy) is 1. The summed E-state index contributed by atoms with van der Waals surface area (Å²) in [5.74, 6) is 0.519. The Kier molecular flexibility index (Phi) is 5.42. The molecule has 0 bridgehead atoms. The van der Waals surface area contributed by atoms with Gasteiger partial charge in [-0.05, 0) is 48.6 Å². The Labute approximate surface area is 139 Å². The van der Waals surface area contributed by atoms with Gasteiger partial charge in [0.15, 0.2) is 0 Å². The number of β-amino-alcohol motifs (C(OH)–C–C–N with tert-alkyl or cyclic N) is 1. The van der Waals surface area contributed by atoms with Crippen LogP contribution >= 0.6 is 0 Å². The summed E-state index contributed by atoms with van der Waals surface area (Å²) in [4.78, 5) is 2.23. The summed E-state index contributed by atoms with van der Waals surface area (Å²) in [7, 11) is 0. The molecular formula is C17H21F2N3O2. The average molecular weight is 337 g/mol. The zero-order valence-electron chi connectivity index (χ0n) is 13.2. The smallest absolute Gasteiger partial charge is 0.387 e. The molecule has 0 saturated carbocycles. The van der Waals surface area contributed by atoms with Crippen LogP contribution in [0.1, 0.15) is 36.0 Å². The maximum Gasteiger partial charge on any atom is 0.387 e. The standard InChI is InChI=1S/C17H21F2N3O2/c18-17(19)24-15-5-3-12(4-6-15)16(23)11-22-7-1-2-13(10-22)14-8-20-21-9-14/h3-6,8-9,13,16-17,23H,1-2,7,10-11H2,(H,20,21). The molecule has 1 aliphatic heterocycles. The van der Waals surface area contributed by atoms with Crippen molar-refractivity contribution in [2.45, 2.75) is 31.5 Å².